The summed E-state index contributed by atoms with van der Waals surface area (Å²) < 4.78 is 44.2. The molecule has 2 aromatic rings. The summed E-state index contributed by atoms with van der Waals surface area (Å²) in [5, 5.41) is 0. The highest BCUT2D eigenvalue weighted by Gasteiger charge is 2.28. The number of aryl methyl sites for hydroxylation is 1. The molecular formula is C21H24F2O3. The van der Waals surface area contributed by atoms with Crippen molar-refractivity contribution in [3.8, 4) is 5.75 Å². The Bertz CT molecular complexity index is 723. The predicted octanol–water partition coefficient (Wildman–Crippen LogP) is 5.15. The third-order valence-corrected chi connectivity index (χ3v) is 4.72. The van der Waals surface area contributed by atoms with Gasteiger partial charge in [0.1, 0.15) is 0 Å². The molecule has 0 spiro atoms. The zero-order valence-electron chi connectivity index (χ0n) is 15.1. The van der Waals surface area contributed by atoms with E-state index in [1.807, 2.05) is 0 Å². The molecule has 0 radical (unpaired) electrons. The highest BCUT2D eigenvalue weighted by molar-refractivity contribution is 5.32. The number of methoxy groups -OCH3 is 1. The minimum absolute atomic E-state index is 0.0525. The second-order valence-corrected chi connectivity index (χ2v) is 6.53. The summed E-state index contributed by atoms with van der Waals surface area (Å²) in [5.41, 5.74) is 2.50. The molecule has 26 heavy (non-hydrogen) atoms. The summed E-state index contributed by atoms with van der Waals surface area (Å²) in [7, 11) is 1.29. The van der Waals surface area contributed by atoms with Gasteiger partial charge in [0.05, 0.1) is 20.3 Å². The van der Waals surface area contributed by atoms with E-state index in [4.69, 9.17) is 14.2 Å². The molecule has 0 unspecified atom stereocenters. The smallest absolute Gasteiger partial charge is 0.201 e. The fraction of sp³-hybridized carbons (Fsp3) is 0.429. The molecule has 0 bridgehead atoms. The monoisotopic (exact) mass is 362 g/mol. The van der Waals surface area contributed by atoms with E-state index < -0.39 is 17.9 Å². The van der Waals surface area contributed by atoms with E-state index in [1.165, 1.54) is 37.6 Å². The number of hydrogen-bond acceptors (Lipinski definition) is 3. The minimum Gasteiger partial charge on any atom is -0.494 e. The molecule has 0 amide bonds. The van der Waals surface area contributed by atoms with Crippen LogP contribution >= 0.6 is 0 Å². The van der Waals surface area contributed by atoms with Crippen LogP contribution in [0.1, 0.15) is 48.7 Å². The number of rotatable bonds is 6. The van der Waals surface area contributed by atoms with Crippen LogP contribution < -0.4 is 4.74 Å². The number of unbranched alkanes of at least 4 members (excludes halogenated alkanes) is 1. The van der Waals surface area contributed by atoms with Crippen LogP contribution in [0.5, 0.6) is 5.75 Å². The molecule has 3 rings (SSSR count). The van der Waals surface area contributed by atoms with E-state index in [0.717, 1.165) is 12.0 Å². The Morgan fingerprint density at radius 1 is 1.00 bits per heavy atom. The van der Waals surface area contributed by atoms with E-state index in [9.17, 15) is 8.78 Å². The van der Waals surface area contributed by atoms with Gasteiger partial charge in [-0.15, -0.1) is 0 Å². The lowest BCUT2D eigenvalue weighted by atomic mass is 9.97. The number of hydrogen-bond donors (Lipinski definition) is 0. The lowest BCUT2D eigenvalue weighted by molar-refractivity contribution is -0.193. The van der Waals surface area contributed by atoms with Crippen molar-refractivity contribution < 1.29 is 23.0 Å². The van der Waals surface area contributed by atoms with Crippen molar-refractivity contribution >= 4 is 0 Å². The first kappa shape index (κ1) is 18.8. The van der Waals surface area contributed by atoms with Gasteiger partial charge in [0.15, 0.2) is 17.9 Å². The van der Waals surface area contributed by atoms with Gasteiger partial charge in [0.25, 0.3) is 0 Å². The third kappa shape index (κ3) is 4.05. The Morgan fingerprint density at radius 2 is 1.69 bits per heavy atom. The first-order valence-electron chi connectivity index (χ1n) is 8.98. The van der Waals surface area contributed by atoms with E-state index in [0.29, 0.717) is 13.2 Å². The second kappa shape index (κ2) is 8.60. The Kier molecular flexibility index (Phi) is 6.22. The summed E-state index contributed by atoms with van der Waals surface area (Å²) in [6.07, 6.45) is 2.53. The fourth-order valence-corrected chi connectivity index (χ4v) is 3.10. The zero-order chi connectivity index (χ0) is 18.5. The Labute approximate surface area is 152 Å². The van der Waals surface area contributed by atoms with Crippen molar-refractivity contribution in [1.82, 2.24) is 0 Å². The highest BCUT2D eigenvalue weighted by Crippen LogP contribution is 2.33. The van der Waals surface area contributed by atoms with Gasteiger partial charge in [0, 0.05) is 11.5 Å². The Morgan fingerprint density at radius 3 is 2.31 bits per heavy atom. The van der Waals surface area contributed by atoms with Gasteiger partial charge in [-0.3, -0.25) is 0 Å². The number of halogens is 2. The quantitative estimate of drug-likeness (QED) is 0.712. The molecule has 0 N–H and O–H groups in total. The molecule has 1 aliphatic heterocycles. The summed E-state index contributed by atoms with van der Waals surface area (Å²) in [5.74, 6) is -2.07. The number of benzene rings is 2. The van der Waals surface area contributed by atoms with Gasteiger partial charge in [-0.25, -0.2) is 4.39 Å². The van der Waals surface area contributed by atoms with Crippen LogP contribution in [-0.4, -0.2) is 20.3 Å². The van der Waals surface area contributed by atoms with Gasteiger partial charge < -0.3 is 14.2 Å². The zero-order valence-corrected chi connectivity index (χ0v) is 15.1. The molecule has 0 saturated carbocycles. The van der Waals surface area contributed by atoms with E-state index in [1.54, 1.807) is 0 Å². The highest BCUT2D eigenvalue weighted by atomic mass is 19.2. The van der Waals surface area contributed by atoms with Crippen LogP contribution in [0.2, 0.25) is 0 Å². The molecule has 5 heteroatoms. The molecule has 0 atom stereocenters. The van der Waals surface area contributed by atoms with Crippen LogP contribution in [0.25, 0.3) is 0 Å². The SMILES string of the molecule is CCCCc1ccc(C2COC(c3ccc(OC)c(F)c3F)OC2)cc1. The lowest BCUT2D eigenvalue weighted by Crippen LogP contribution is -2.26. The first-order chi connectivity index (χ1) is 12.6. The van der Waals surface area contributed by atoms with Crippen molar-refractivity contribution in [2.75, 3.05) is 20.3 Å². The first-order valence-corrected chi connectivity index (χ1v) is 8.98. The molecule has 1 fully saturated rings. The van der Waals surface area contributed by atoms with Crippen LogP contribution in [-0.2, 0) is 15.9 Å². The van der Waals surface area contributed by atoms with Gasteiger partial charge in [-0.1, -0.05) is 37.6 Å². The molecule has 3 nitrogen and oxygen atoms in total. The summed E-state index contributed by atoms with van der Waals surface area (Å²) in [4.78, 5) is 0. The van der Waals surface area contributed by atoms with Gasteiger partial charge >= 0.3 is 0 Å². The standard InChI is InChI=1S/C21H24F2O3/c1-3-4-5-14-6-8-15(9-7-14)16-12-25-21(26-13-16)17-10-11-18(24-2)20(23)19(17)22/h6-11,16,21H,3-5,12-13H2,1-2H3. The molecule has 140 valence electrons. The molecule has 1 aliphatic rings. The maximum atomic E-state index is 14.2. The number of ether oxygens (including phenoxy) is 3. The second-order valence-electron chi connectivity index (χ2n) is 6.53. The van der Waals surface area contributed by atoms with Crippen LogP contribution in [0.3, 0.4) is 0 Å². The fourth-order valence-electron chi connectivity index (χ4n) is 3.10. The minimum atomic E-state index is -1.03. The van der Waals surface area contributed by atoms with Gasteiger partial charge in [0.2, 0.25) is 5.82 Å². The van der Waals surface area contributed by atoms with E-state index in [2.05, 4.69) is 31.2 Å². The van der Waals surface area contributed by atoms with Crippen molar-refractivity contribution in [2.24, 2.45) is 0 Å². The Balaban J connectivity index is 1.63. The van der Waals surface area contributed by atoms with Crippen LogP contribution in [0.15, 0.2) is 36.4 Å². The van der Waals surface area contributed by atoms with Crippen molar-refractivity contribution in [3.63, 3.8) is 0 Å². The molecule has 0 aromatic heterocycles. The van der Waals surface area contributed by atoms with Crippen molar-refractivity contribution in [3.05, 3.63) is 64.7 Å². The van der Waals surface area contributed by atoms with Crippen LogP contribution in [0, 0.1) is 11.6 Å². The third-order valence-electron chi connectivity index (χ3n) is 4.72. The summed E-state index contributed by atoms with van der Waals surface area (Å²) >= 11 is 0. The van der Waals surface area contributed by atoms with Crippen molar-refractivity contribution in [2.45, 2.75) is 38.4 Å². The molecule has 0 aliphatic carbocycles. The predicted molar refractivity (Wildman–Crippen MR) is 95.4 cm³/mol. The average molecular weight is 362 g/mol. The topological polar surface area (TPSA) is 27.7 Å². The Hall–Kier alpha value is -1.98. The molecule has 1 saturated heterocycles. The summed E-state index contributed by atoms with van der Waals surface area (Å²) in [6, 6.07) is 11.3. The average Bonchev–Trinajstić information content (AvgIpc) is 2.69. The lowest BCUT2D eigenvalue weighted by Gasteiger charge is -2.30. The largest absolute Gasteiger partial charge is 0.494 e. The maximum Gasteiger partial charge on any atom is 0.201 e. The van der Waals surface area contributed by atoms with E-state index >= 15 is 0 Å². The van der Waals surface area contributed by atoms with Crippen LogP contribution in [0.4, 0.5) is 8.78 Å². The summed E-state index contributed by atoms with van der Waals surface area (Å²) in [6.45, 7) is 2.97. The molecule has 1 heterocycles. The van der Waals surface area contributed by atoms with Gasteiger partial charge in [-0.05, 0) is 36.1 Å². The maximum absolute atomic E-state index is 14.2. The molecule has 2 aromatic carbocycles. The van der Waals surface area contributed by atoms with Crippen molar-refractivity contribution in [1.29, 1.82) is 0 Å². The van der Waals surface area contributed by atoms with E-state index in [-0.39, 0.29) is 17.2 Å². The van der Waals surface area contributed by atoms with Gasteiger partial charge in [-0.2, -0.15) is 4.39 Å². The normalized spacial score (nSPS) is 20.2. The molecular weight excluding hydrogens is 338 g/mol.